The van der Waals surface area contributed by atoms with Gasteiger partial charge in [-0.1, -0.05) is 6.07 Å². The van der Waals surface area contributed by atoms with Crippen molar-refractivity contribution in [2.75, 3.05) is 34.1 Å². The van der Waals surface area contributed by atoms with Gasteiger partial charge in [0.25, 0.3) is 0 Å². The number of ether oxygens (including phenoxy) is 3. The minimum Gasteiger partial charge on any atom is -0.493 e. The highest BCUT2D eigenvalue weighted by Crippen LogP contribution is 2.34. The molecule has 0 spiro atoms. The van der Waals surface area contributed by atoms with E-state index in [2.05, 4.69) is 4.90 Å². The Morgan fingerprint density at radius 3 is 2.70 bits per heavy atom. The summed E-state index contributed by atoms with van der Waals surface area (Å²) in [6, 6.07) is 8.93. The smallest absolute Gasteiger partial charge is 0.200 e. The highest BCUT2D eigenvalue weighted by Gasteiger charge is 2.22. The molecule has 1 N–H and O–H groups in total. The van der Waals surface area contributed by atoms with Gasteiger partial charge in [0.15, 0.2) is 11.5 Å². The first-order valence-corrected chi connectivity index (χ1v) is 9.92. The van der Waals surface area contributed by atoms with Gasteiger partial charge in [0.05, 0.1) is 30.7 Å². The fourth-order valence-electron chi connectivity index (χ4n) is 3.75. The predicted molar refractivity (Wildman–Crippen MR) is 113 cm³/mol. The molecule has 1 aliphatic heterocycles. The molecule has 0 fully saturated rings. The minimum atomic E-state index is -0.108. The van der Waals surface area contributed by atoms with Crippen LogP contribution in [0.15, 0.2) is 45.8 Å². The van der Waals surface area contributed by atoms with Crippen molar-refractivity contribution in [3.05, 3.63) is 52.4 Å². The summed E-state index contributed by atoms with van der Waals surface area (Å²) in [4.78, 5) is 15.4. The van der Waals surface area contributed by atoms with Crippen molar-refractivity contribution in [2.45, 2.75) is 19.4 Å². The van der Waals surface area contributed by atoms with Crippen LogP contribution < -0.4 is 19.6 Å². The molecule has 1 aromatic heterocycles. The molecule has 0 saturated heterocycles. The van der Waals surface area contributed by atoms with Gasteiger partial charge in [0.1, 0.15) is 24.3 Å². The number of aliphatic hydroxyl groups is 1. The zero-order chi connectivity index (χ0) is 21.1. The van der Waals surface area contributed by atoms with Crippen LogP contribution in [0.4, 0.5) is 0 Å². The highest BCUT2D eigenvalue weighted by molar-refractivity contribution is 5.86. The molecule has 7 nitrogen and oxygen atoms in total. The molecular weight excluding hydrogens is 386 g/mol. The molecule has 0 aliphatic carbocycles. The van der Waals surface area contributed by atoms with E-state index in [1.807, 2.05) is 12.1 Å². The number of rotatable bonds is 7. The fourth-order valence-corrected chi connectivity index (χ4v) is 3.75. The summed E-state index contributed by atoms with van der Waals surface area (Å²) in [5, 5.41) is 9.51. The lowest BCUT2D eigenvalue weighted by Crippen LogP contribution is -2.33. The van der Waals surface area contributed by atoms with Gasteiger partial charge in [-0.25, -0.2) is 0 Å². The maximum Gasteiger partial charge on any atom is 0.200 e. The standard InChI is InChI=1S/C23H25NO6/c1-27-20-7-5-15(11-21(20)28-2)18-13-29-23-16(22(18)26)6-8-19-17(23)12-24(14-30-19)9-3-4-10-25/h5-8,11,13,25H,3-4,9-10,12,14H2,1-2H3. The Kier molecular flexibility index (Phi) is 5.92. The van der Waals surface area contributed by atoms with Gasteiger partial charge in [-0.3, -0.25) is 9.69 Å². The van der Waals surface area contributed by atoms with Crippen molar-refractivity contribution < 1.29 is 23.7 Å². The summed E-state index contributed by atoms with van der Waals surface area (Å²) in [6.07, 6.45) is 3.13. The molecule has 0 bridgehead atoms. The van der Waals surface area contributed by atoms with Gasteiger partial charge in [-0.15, -0.1) is 0 Å². The molecule has 0 amide bonds. The Morgan fingerprint density at radius 2 is 1.93 bits per heavy atom. The number of fused-ring (bicyclic) bond motifs is 3. The van der Waals surface area contributed by atoms with E-state index in [9.17, 15) is 4.79 Å². The van der Waals surface area contributed by atoms with Crippen molar-refractivity contribution >= 4 is 11.0 Å². The summed E-state index contributed by atoms with van der Waals surface area (Å²) in [6.45, 7) is 2.11. The van der Waals surface area contributed by atoms with Crippen LogP contribution in [0.3, 0.4) is 0 Å². The number of aliphatic hydroxyl groups excluding tert-OH is 1. The Bertz CT molecular complexity index is 1110. The second-order valence-corrected chi connectivity index (χ2v) is 7.22. The van der Waals surface area contributed by atoms with Crippen LogP contribution in [0, 0.1) is 0 Å². The average molecular weight is 411 g/mol. The van der Waals surface area contributed by atoms with Gasteiger partial charge in [0, 0.05) is 19.7 Å². The molecule has 0 radical (unpaired) electrons. The molecule has 30 heavy (non-hydrogen) atoms. The second-order valence-electron chi connectivity index (χ2n) is 7.22. The number of nitrogens with zero attached hydrogens (tertiary/aromatic N) is 1. The van der Waals surface area contributed by atoms with Crippen LogP contribution in [0.2, 0.25) is 0 Å². The predicted octanol–water partition coefficient (Wildman–Crippen LogP) is 3.40. The van der Waals surface area contributed by atoms with E-state index < -0.39 is 0 Å². The van der Waals surface area contributed by atoms with Crippen molar-refractivity contribution in [3.8, 4) is 28.4 Å². The first-order chi connectivity index (χ1) is 14.7. The average Bonchev–Trinajstić information content (AvgIpc) is 2.79. The maximum absolute atomic E-state index is 13.2. The van der Waals surface area contributed by atoms with Gasteiger partial charge >= 0.3 is 0 Å². The second kappa shape index (κ2) is 8.77. The van der Waals surface area contributed by atoms with Crippen LogP contribution in [-0.4, -0.2) is 44.1 Å². The maximum atomic E-state index is 13.2. The first-order valence-electron chi connectivity index (χ1n) is 9.92. The van der Waals surface area contributed by atoms with Gasteiger partial charge in [-0.05, 0) is 42.7 Å². The number of benzene rings is 2. The van der Waals surface area contributed by atoms with Crippen LogP contribution in [0.25, 0.3) is 22.1 Å². The zero-order valence-corrected chi connectivity index (χ0v) is 17.1. The summed E-state index contributed by atoms with van der Waals surface area (Å²) in [5.74, 6) is 1.88. The van der Waals surface area contributed by atoms with Crippen LogP contribution in [0.1, 0.15) is 18.4 Å². The SMILES string of the molecule is COc1ccc(-c2coc3c4c(ccc3c2=O)OCN(CCCCO)C4)cc1OC. The van der Waals surface area contributed by atoms with Crippen molar-refractivity contribution in [1.82, 2.24) is 4.90 Å². The van der Waals surface area contributed by atoms with Crippen LogP contribution >= 0.6 is 0 Å². The molecule has 158 valence electrons. The number of unbranched alkanes of at least 4 members (excludes halogenated alkanes) is 1. The molecule has 3 aromatic rings. The summed E-state index contributed by atoms with van der Waals surface area (Å²) in [5.41, 5.74) is 2.47. The molecule has 0 saturated carbocycles. The van der Waals surface area contributed by atoms with Crippen molar-refractivity contribution in [2.24, 2.45) is 0 Å². The Balaban J connectivity index is 1.72. The molecule has 2 aromatic carbocycles. The molecule has 1 aliphatic rings. The number of hydrogen-bond donors (Lipinski definition) is 1. The van der Waals surface area contributed by atoms with Gasteiger partial charge in [-0.2, -0.15) is 0 Å². The monoisotopic (exact) mass is 411 g/mol. The first kappa shape index (κ1) is 20.3. The van der Waals surface area contributed by atoms with Crippen molar-refractivity contribution in [1.29, 1.82) is 0 Å². The fraction of sp³-hybridized carbons (Fsp3) is 0.348. The van der Waals surface area contributed by atoms with E-state index in [0.717, 1.165) is 30.7 Å². The van der Waals surface area contributed by atoms with Crippen LogP contribution in [-0.2, 0) is 6.54 Å². The summed E-state index contributed by atoms with van der Waals surface area (Å²) >= 11 is 0. The van der Waals surface area contributed by atoms with Gasteiger partial charge < -0.3 is 23.7 Å². The zero-order valence-electron chi connectivity index (χ0n) is 17.1. The third kappa shape index (κ3) is 3.74. The topological polar surface area (TPSA) is 81.4 Å². The lowest BCUT2D eigenvalue weighted by Gasteiger charge is -2.29. The molecule has 0 atom stereocenters. The quantitative estimate of drug-likeness (QED) is 0.597. The lowest BCUT2D eigenvalue weighted by atomic mass is 10.0. The third-order valence-electron chi connectivity index (χ3n) is 5.36. The van der Waals surface area contributed by atoms with Gasteiger partial charge in [0.2, 0.25) is 5.43 Å². The Labute approximate surface area is 174 Å². The lowest BCUT2D eigenvalue weighted by molar-refractivity contribution is 0.0922. The normalized spacial score (nSPS) is 13.7. The molecule has 7 heteroatoms. The molecular formula is C23H25NO6. The summed E-state index contributed by atoms with van der Waals surface area (Å²) < 4.78 is 22.5. The van der Waals surface area contributed by atoms with E-state index in [1.54, 1.807) is 32.4 Å². The van der Waals surface area contributed by atoms with E-state index in [0.29, 0.717) is 46.9 Å². The number of hydrogen-bond acceptors (Lipinski definition) is 7. The van der Waals surface area contributed by atoms with Crippen molar-refractivity contribution in [3.63, 3.8) is 0 Å². The summed E-state index contributed by atoms with van der Waals surface area (Å²) in [7, 11) is 3.13. The van der Waals surface area contributed by atoms with E-state index in [4.69, 9.17) is 23.7 Å². The molecule has 0 unspecified atom stereocenters. The molecule has 2 heterocycles. The third-order valence-corrected chi connectivity index (χ3v) is 5.36. The largest absolute Gasteiger partial charge is 0.493 e. The van der Waals surface area contributed by atoms with E-state index in [1.165, 1.54) is 6.26 Å². The van der Waals surface area contributed by atoms with Crippen LogP contribution in [0.5, 0.6) is 17.2 Å². The highest BCUT2D eigenvalue weighted by atomic mass is 16.5. The van der Waals surface area contributed by atoms with E-state index in [-0.39, 0.29) is 12.0 Å². The Morgan fingerprint density at radius 1 is 1.10 bits per heavy atom. The minimum absolute atomic E-state index is 0.108. The molecule has 4 rings (SSSR count). The van der Waals surface area contributed by atoms with E-state index >= 15 is 0 Å². The Hall–Kier alpha value is -3.03. The number of methoxy groups -OCH3 is 2.